The summed E-state index contributed by atoms with van der Waals surface area (Å²) in [6.45, 7) is 5.61. The van der Waals surface area contributed by atoms with Gasteiger partial charge in [0.1, 0.15) is 6.54 Å². The van der Waals surface area contributed by atoms with Crippen molar-refractivity contribution in [1.82, 2.24) is 19.7 Å². The number of rotatable bonds is 5. The monoisotopic (exact) mass is 366 g/mol. The van der Waals surface area contributed by atoms with Crippen LogP contribution in [0.5, 0.6) is 0 Å². The van der Waals surface area contributed by atoms with Crippen molar-refractivity contribution in [3.8, 4) is 11.3 Å². The van der Waals surface area contributed by atoms with E-state index in [-0.39, 0.29) is 18.5 Å². The van der Waals surface area contributed by atoms with Crippen LogP contribution in [0.4, 0.5) is 0 Å². The van der Waals surface area contributed by atoms with Gasteiger partial charge in [0.15, 0.2) is 5.65 Å². The average molecular weight is 366 g/mol. The average Bonchev–Trinajstić information content (AvgIpc) is 3.04. The number of nitrogens with zero attached hydrogens (tertiary/aromatic N) is 4. The summed E-state index contributed by atoms with van der Waals surface area (Å²) in [6.07, 6.45) is 1.61. The number of pyridine rings is 1. The smallest absolute Gasteiger partial charge is 0.323 e. The second kappa shape index (κ2) is 7.19. The van der Waals surface area contributed by atoms with Gasteiger partial charge < -0.3 is 10.0 Å². The molecule has 3 aromatic rings. The van der Waals surface area contributed by atoms with Crippen LogP contribution < -0.4 is 0 Å². The standard InChI is InChI=1S/C20H22N4O3/c1-12(2)24-19-16(10-21-24)15(20(27)23(4)11-18(25)26)9-17(22-19)14-7-5-13(3)6-8-14/h5-10,12H,11H2,1-4H3,(H,25,26). The minimum absolute atomic E-state index is 0.0722. The fourth-order valence-electron chi connectivity index (χ4n) is 2.93. The number of carbonyl (C=O) groups is 2. The zero-order chi connectivity index (χ0) is 19.7. The molecular weight excluding hydrogens is 344 g/mol. The number of hydrogen-bond donors (Lipinski definition) is 1. The second-order valence-corrected chi connectivity index (χ2v) is 6.90. The van der Waals surface area contributed by atoms with Gasteiger partial charge in [-0.3, -0.25) is 9.59 Å². The number of likely N-dealkylation sites (N-methyl/N-ethyl adjacent to an activating group) is 1. The second-order valence-electron chi connectivity index (χ2n) is 6.90. The van der Waals surface area contributed by atoms with E-state index >= 15 is 0 Å². The van der Waals surface area contributed by atoms with E-state index in [1.54, 1.807) is 16.9 Å². The Morgan fingerprint density at radius 1 is 1.22 bits per heavy atom. The van der Waals surface area contributed by atoms with E-state index in [4.69, 9.17) is 10.1 Å². The van der Waals surface area contributed by atoms with Gasteiger partial charge in [0.2, 0.25) is 0 Å². The van der Waals surface area contributed by atoms with Crippen molar-refractivity contribution in [3.63, 3.8) is 0 Å². The first-order valence-electron chi connectivity index (χ1n) is 8.70. The fraction of sp³-hybridized carbons (Fsp3) is 0.300. The molecule has 1 aromatic carbocycles. The summed E-state index contributed by atoms with van der Waals surface area (Å²) in [7, 11) is 1.47. The Morgan fingerprint density at radius 2 is 1.89 bits per heavy atom. The summed E-state index contributed by atoms with van der Waals surface area (Å²) < 4.78 is 1.76. The number of fused-ring (bicyclic) bond motifs is 1. The molecule has 0 radical (unpaired) electrons. The Labute approximate surface area is 157 Å². The normalized spacial score (nSPS) is 11.1. The van der Waals surface area contributed by atoms with E-state index in [0.29, 0.717) is 22.3 Å². The van der Waals surface area contributed by atoms with Crippen LogP contribution in [-0.2, 0) is 4.79 Å². The SMILES string of the molecule is Cc1ccc(-c2cc(C(=O)N(C)CC(=O)O)c3cnn(C(C)C)c3n2)cc1. The molecule has 1 amide bonds. The van der Waals surface area contributed by atoms with Gasteiger partial charge in [-0.1, -0.05) is 29.8 Å². The first-order valence-corrected chi connectivity index (χ1v) is 8.70. The molecule has 140 valence electrons. The van der Waals surface area contributed by atoms with E-state index in [1.165, 1.54) is 11.9 Å². The molecule has 27 heavy (non-hydrogen) atoms. The fourth-order valence-corrected chi connectivity index (χ4v) is 2.93. The van der Waals surface area contributed by atoms with Crippen molar-refractivity contribution in [2.75, 3.05) is 13.6 Å². The molecule has 0 aliphatic heterocycles. The van der Waals surface area contributed by atoms with Crippen LogP contribution in [0.3, 0.4) is 0 Å². The number of carbonyl (C=O) groups excluding carboxylic acids is 1. The molecular formula is C20H22N4O3. The van der Waals surface area contributed by atoms with Crippen LogP contribution in [0, 0.1) is 6.92 Å². The molecule has 7 nitrogen and oxygen atoms in total. The molecule has 7 heteroatoms. The highest BCUT2D eigenvalue weighted by molar-refractivity contribution is 6.07. The van der Waals surface area contributed by atoms with Crippen LogP contribution >= 0.6 is 0 Å². The number of benzene rings is 1. The maximum Gasteiger partial charge on any atom is 0.323 e. The highest BCUT2D eigenvalue weighted by atomic mass is 16.4. The first kappa shape index (κ1) is 18.6. The van der Waals surface area contributed by atoms with Crippen molar-refractivity contribution in [2.45, 2.75) is 26.8 Å². The van der Waals surface area contributed by atoms with E-state index in [0.717, 1.165) is 11.1 Å². The molecule has 0 fully saturated rings. The third kappa shape index (κ3) is 3.67. The molecule has 0 unspecified atom stereocenters. The molecule has 0 saturated carbocycles. The van der Waals surface area contributed by atoms with Gasteiger partial charge in [-0.25, -0.2) is 9.67 Å². The largest absolute Gasteiger partial charge is 0.480 e. The van der Waals surface area contributed by atoms with Gasteiger partial charge in [0.25, 0.3) is 5.91 Å². The molecule has 1 N–H and O–H groups in total. The van der Waals surface area contributed by atoms with Crippen LogP contribution in [0.15, 0.2) is 36.5 Å². The molecule has 0 saturated heterocycles. The minimum atomic E-state index is -1.06. The van der Waals surface area contributed by atoms with E-state index in [9.17, 15) is 9.59 Å². The first-order chi connectivity index (χ1) is 12.8. The minimum Gasteiger partial charge on any atom is -0.480 e. The summed E-state index contributed by atoms with van der Waals surface area (Å²) in [6, 6.07) is 9.66. The van der Waals surface area contributed by atoms with Crippen LogP contribution in [0.25, 0.3) is 22.3 Å². The number of aliphatic carboxylic acids is 1. The predicted molar refractivity (Wildman–Crippen MR) is 103 cm³/mol. The zero-order valence-corrected chi connectivity index (χ0v) is 15.8. The maximum absolute atomic E-state index is 12.9. The quantitative estimate of drug-likeness (QED) is 0.749. The van der Waals surface area contributed by atoms with Crippen molar-refractivity contribution >= 4 is 22.9 Å². The lowest BCUT2D eigenvalue weighted by molar-refractivity contribution is -0.137. The van der Waals surface area contributed by atoms with Gasteiger partial charge in [0.05, 0.1) is 22.8 Å². The highest BCUT2D eigenvalue weighted by Crippen LogP contribution is 2.27. The number of aromatic nitrogens is 3. The van der Waals surface area contributed by atoms with Crippen LogP contribution in [0.2, 0.25) is 0 Å². The maximum atomic E-state index is 12.9. The third-order valence-corrected chi connectivity index (χ3v) is 4.35. The topological polar surface area (TPSA) is 88.3 Å². The summed E-state index contributed by atoms with van der Waals surface area (Å²) in [5, 5.41) is 14.0. The Balaban J connectivity index is 2.20. The number of amides is 1. The van der Waals surface area contributed by atoms with Crippen molar-refractivity contribution in [1.29, 1.82) is 0 Å². The van der Waals surface area contributed by atoms with E-state index in [2.05, 4.69) is 5.10 Å². The third-order valence-electron chi connectivity index (χ3n) is 4.35. The van der Waals surface area contributed by atoms with Crippen LogP contribution in [-0.4, -0.2) is 50.2 Å². The predicted octanol–water partition coefficient (Wildman–Crippen LogP) is 3.14. The van der Waals surface area contributed by atoms with Crippen LogP contribution in [0.1, 0.15) is 35.8 Å². The summed E-state index contributed by atoms with van der Waals surface area (Å²) in [5.41, 5.74) is 3.66. The lowest BCUT2D eigenvalue weighted by atomic mass is 10.0. The Hall–Kier alpha value is -3.22. The van der Waals surface area contributed by atoms with Gasteiger partial charge in [-0.15, -0.1) is 0 Å². The Bertz CT molecular complexity index is 1010. The number of carboxylic acid groups (broad SMARTS) is 1. The Morgan fingerprint density at radius 3 is 2.48 bits per heavy atom. The molecule has 0 atom stereocenters. The number of aryl methyl sites for hydroxylation is 1. The highest BCUT2D eigenvalue weighted by Gasteiger charge is 2.22. The van der Waals surface area contributed by atoms with Gasteiger partial charge >= 0.3 is 5.97 Å². The van der Waals surface area contributed by atoms with Gasteiger partial charge in [-0.2, -0.15) is 5.10 Å². The van der Waals surface area contributed by atoms with E-state index in [1.807, 2.05) is 45.0 Å². The lowest BCUT2D eigenvalue weighted by Gasteiger charge is -2.16. The molecule has 0 spiro atoms. The lowest BCUT2D eigenvalue weighted by Crippen LogP contribution is -2.32. The number of hydrogen-bond acceptors (Lipinski definition) is 4. The van der Waals surface area contributed by atoms with Gasteiger partial charge in [0, 0.05) is 18.7 Å². The number of carboxylic acids is 1. The molecule has 0 bridgehead atoms. The molecule has 0 aliphatic carbocycles. The zero-order valence-electron chi connectivity index (χ0n) is 15.8. The van der Waals surface area contributed by atoms with E-state index < -0.39 is 5.97 Å². The summed E-state index contributed by atoms with van der Waals surface area (Å²) in [4.78, 5) is 29.8. The summed E-state index contributed by atoms with van der Waals surface area (Å²) in [5.74, 6) is -1.44. The molecule has 0 aliphatic rings. The van der Waals surface area contributed by atoms with Gasteiger partial charge in [-0.05, 0) is 26.8 Å². The molecule has 3 rings (SSSR count). The molecule has 2 heterocycles. The summed E-state index contributed by atoms with van der Waals surface area (Å²) >= 11 is 0. The molecule has 2 aromatic heterocycles. The van der Waals surface area contributed by atoms with Crippen molar-refractivity contribution in [2.24, 2.45) is 0 Å². The van der Waals surface area contributed by atoms with Crippen molar-refractivity contribution in [3.05, 3.63) is 47.7 Å². The Kier molecular flexibility index (Phi) is 4.94. The van der Waals surface area contributed by atoms with Crippen molar-refractivity contribution < 1.29 is 14.7 Å².